The molecule has 1 saturated carbocycles. The number of phosphoric ester groups is 1. The summed E-state index contributed by atoms with van der Waals surface area (Å²) in [7, 11) is -2.03. The zero-order valence-corrected chi connectivity index (χ0v) is 28.7. The molecule has 1 aliphatic carbocycles. The minimum Gasteiger partial charge on any atom is -0.339 e. The molecule has 0 spiro atoms. The molecule has 1 unspecified atom stereocenters. The highest BCUT2D eigenvalue weighted by Crippen LogP contribution is 2.50. The minimum absolute atomic E-state index is 0.0629. The Bertz CT molecular complexity index is 1470. The van der Waals surface area contributed by atoms with Crippen LogP contribution in [0.15, 0.2) is 36.5 Å². The summed E-state index contributed by atoms with van der Waals surface area (Å²) in [6.45, 7) is 8.40. The van der Waals surface area contributed by atoms with Crippen molar-refractivity contribution in [2.24, 2.45) is 13.0 Å². The Kier molecular flexibility index (Phi) is 13.1. The van der Waals surface area contributed by atoms with Gasteiger partial charge in [-0.25, -0.2) is 9.25 Å². The first-order chi connectivity index (χ1) is 22.2. The lowest BCUT2D eigenvalue weighted by Crippen LogP contribution is -2.49. The Labute approximate surface area is 272 Å². The van der Waals surface area contributed by atoms with Crippen LogP contribution in [0, 0.1) is 19.8 Å². The molecule has 2 N–H and O–H groups in total. The van der Waals surface area contributed by atoms with Crippen LogP contribution in [0.1, 0.15) is 93.5 Å². The third-order valence-electron chi connectivity index (χ3n) is 8.40. The second-order valence-corrected chi connectivity index (χ2v) is 13.5. The highest BCUT2D eigenvalue weighted by atomic mass is 31.2. The van der Waals surface area contributed by atoms with Gasteiger partial charge in [0.1, 0.15) is 11.7 Å². The lowest BCUT2D eigenvalue weighted by atomic mass is 9.83. The average molecular weight is 657 g/mol. The molecule has 252 valence electrons. The maximum Gasteiger partial charge on any atom is 0.476 e. The van der Waals surface area contributed by atoms with E-state index < -0.39 is 13.9 Å². The predicted molar refractivity (Wildman–Crippen MR) is 177 cm³/mol. The number of benzene rings is 1. The van der Waals surface area contributed by atoms with E-state index in [4.69, 9.17) is 13.6 Å². The Hall–Kier alpha value is -3.31. The summed E-state index contributed by atoms with van der Waals surface area (Å²) in [5, 5.41) is 14.7. The lowest BCUT2D eigenvalue weighted by molar-refractivity contribution is -0.119. The van der Waals surface area contributed by atoms with Gasteiger partial charge in [0.25, 0.3) is 5.91 Å². The van der Waals surface area contributed by atoms with Crippen molar-refractivity contribution in [3.05, 3.63) is 53.6 Å². The molecule has 2 heterocycles. The van der Waals surface area contributed by atoms with E-state index in [1.807, 2.05) is 52.0 Å². The number of nitrogens with zero attached hydrogens (tertiary/aromatic N) is 4. The fraction of sp³-hybridized carbons (Fsp3) is 0.576. The van der Waals surface area contributed by atoms with Crippen LogP contribution in [0.3, 0.4) is 0 Å². The highest BCUT2D eigenvalue weighted by Gasteiger charge is 2.32. The van der Waals surface area contributed by atoms with Crippen molar-refractivity contribution in [2.45, 2.75) is 98.3 Å². The molecule has 12 nitrogen and oxygen atoms in total. The van der Waals surface area contributed by atoms with Crippen LogP contribution in [0.2, 0.25) is 0 Å². The van der Waals surface area contributed by atoms with E-state index in [2.05, 4.69) is 20.8 Å². The van der Waals surface area contributed by atoms with Crippen molar-refractivity contribution < 1.29 is 27.7 Å². The number of amides is 2. The van der Waals surface area contributed by atoms with E-state index >= 15 is 0 Å². The lowest BCUT2D eigenvalue weighted by Gasteiger charge is -2.30. The molecule has 1 fully saturated rings. The summed E-state index contributed by atoms with van der Waals surface area (Å²) in [6.07, 6.45) is 9.89. The van der Waals surface area contributed by atoms with Crippen molar-refractivity contribution in [3.63, 3.8) is 0 Å². The van der Waals surface area contributed by atoms with Gasteiger partial charge in [0.05, 0.1) is 18.9 Å². The van der Waals surface area contributed by atoms with Crippen LogP contribution in [-0.2, 0) is 36.7 Å². The van der Waals surface area contributed by atoms with Crippen molar-refractivity contribution in [2.75, 3.05) is 18.5 Å². The third kappa shape index (κ3) is 9.37. The van der Waals surface area contributed by atoms with Gasteiger partial charge in [0.2, 0.25) is 5.91 Å². The number of anilines is 1. The molecule has 0 radical (unpaired) electrons. The number of phosphoric acid groups is 1. The monoisotopic (exact) mass is 656 g/mol. The summed E-state index contributed by atoms with van der Waals surface area (Å²) in [4.78, 5) is 26.6. The largest absolute Gasteiger partial charge is 0.476 e. The number of rotatable bonds is 17. The third-order valence-corrected chi connectivity index (χ3v) is 9.83. The number of aryl methyl sites for hydroxylation is 2. The Morgan fingerprint density at radius 1 is 0.978 bits per heavy atom. The van der Waals surface area contributed by atoms with Gasteiger partial charge >= 0.3 is 7.82 Å². The second-order valence-electron chi connectivity index (χ2n) is 11.9. The molecule has 2 aromatic heterocycles. The highest BCUT2D eigenvalue weighted by molar-refractivity contribution is 7.48. The molecule has 13 heteroatoms. The maximum absolute atomic E-state index is 13.6. The van der Waals surface area contributed by atoms with Crippen LogP contribution >= 0.6 is 7.82 Å². The first kappa shape index (κ1) is 35.5. The number of hydrogen-bond donors (Lipinski definition) is 2. The van der Waals surface area contributed by atoms with Crippen LogP contribution < -0.4 is 10.6 Å². The summed E-state index contributed by atoms with van der Waals surface area (Å²) in [5.74, 6) is -0.489. The molecular formula is C33H49N6O6P. The summed E-state index contributed by atoms with van der Waals surface area (Å²) in [5.41, 5.74) is 4.48. The van der Waals surface area contributed by atoms with Gasteiger partial charge in [-0.2, -0.15) is 10.2 Å². The van der Waals surface area contributed by atoms with Crippen LogP contribution in [0.4, 0.5) is 5.69 Å². The van der Waals surface area contributed by atoms with E-state index in [1.165, 1.54) is 4.68 Å². The topological polar surface area (TPSA) is 139 Å². The van der Waals surface area contributed by atoms with Gasteiger partial charge in [-0.1, -0.05) is 58.1 Å². The van der Waals surface area contributed by atoms with Gasteiger partial charge in [0, 0.05) is 30.2 Å². The molecular weight excluding hydrogens is 607 g/mol. The van der Waals surface area contributed by atoms with Gasteiger partial charge in [0.15, 0.2) is 6.73 Å². The van der Waals surface area contributed by atoms with E-state index in [-0.39, 0.29) is 24.5 Å². The minimum atomic E-state index is -3.74. The predicted octanol–water partition coefficient (Wildman–Crippen LogP) is 6.93. The Morgan fingerprint density at radius 2 is 1.63 bits per heavy atom. The van der Waals surface area contributed by atoms with Crippen LogP contribution in [-0.4, -0.2) is 50.6 Å². The molecule has 0 bridgehead atoms. The number of carbonyl (C=O) groups is 2. The number of aromatic nitrogens is 4. The molecule has 3 aromatic rings. The van der Waals surface area contributed by atoms with Gasteiger partial charge < -0.3 is 10.6 Å². The van der Waals surface area contributed by atoms with Crippen molar-refractivity contribution in [1.82, 2.24) is 24.9 Å². The van der Waals surface area contributed by atoms with E-state index in [0.29, 0.717) is 24.6 Å². The van der Waals surface area contributed by atoms with Crippen LogP contribution in [0.25, 0.3) is 11.1 Å². The quantitative estimate of drug-likeness (QED) is 0.118. The summed E-state index contributed by atoms with van der Waals surface area (Å²) < 4.78 is 33.2. The molecule has 0 aliphatic heterocycles. The molecule has 4 rings (SSSR count). The van der Waals surface area contributed by atoms with Gasteiger partial charge in [-0.3, -0.25) is 27.8 Å². The molecule has 1 aliphatic rings. The molecule has 1 aromatic carbocycles. The fourth-order valence-electron chi connectivity index (χ4n) is 5.74. The second kappa shape index (κ2) is 17.0. The maximum atomic E-state index is 13.6. The zero-order valence-electron chi connectivity index (χ0n) is 27.8. The van der Waals surface area contributed by atoms with Crippen LogP contribution in [0.5, 0.6) is 0 Å². The number of nitrogens with one attached hydrogen (secondary N) is 2. The SMILES string of the molecule is CCCCOP(=O)(OCCCC)OCn1nc(C)c(-c2ccc(NC(=O)C(NC(=O)c3ccnn3C)C3CCCCC3)cc2)c1C. The zero-order chi connectivity index (χ0) is 33.1. The van der Waals surface area contributed by atoms with Crippen molar-refractivity contribution in [3.8, 4) is 11.1 Å². The number of unbranched alkanes of at least 4 members (excludes halogenated alkanes) is 2. The van der Waals surface area contributed by atoms with E-state index in [1.54, 1.807) is 24.0 Å². The van der Waals surface area contributed by atoms with Crippen molar-refractivity contribution >= 4 is 25.3 Å². The van der Waals surface area contributed by atoms with E-state index in [0.717, 1.165) is 80.3 Å². The summed E-state index contributed by atoms with van der Waals surface area (Å²) in [6, 6.07) is 8.53. The molecule has 0 saturated heterocycles. The first-order valence-electron chi connectivity index (χ1n) is 16.4. The van der Waals surface area contributed by atoms with E-state index in [9.17, 15) is 14.2 Å². The average Bonchev–Trinajstić information content (AvgIpc) is 3.61. The molecule has 1 atom stereocenters. The number of carbonyl (C=O) groups excluding carboxylic acids is 2. The Balaban J connectivity index is 1.44. The van der Waals surface area contributed by atoms with Crippen molar-refractivity contribution in [1.29, 1.82) is 0 Å². The Morgan fingerprint density at radius 3 is 2.22 bits per heavy atom. The number of hydrogen-bond acceptors (Lipinski definition) is 8. The first-order valence-corrected chi connectivity index (χ1v) is 17.9. The normalized spacial score (nSPS) is 14.7. The van der Waals surface area contributed by atoms with Gasteiger partial charge in [-0.05, 0) is 69.2 Å². The smallest absolute Gasteiger partial charge is 0.339 e. The summed E-state index contributed by atoms with van der Waals surface area (Å²) >= 11 is 0. The molecule has 46 heavy (non-hydrogen) atoms. The standard InChI is InChI=1S/C33H49N6O6P/c1-6-8-21-43-46(42,44-22-9-7-2)45-23-39-25(4)30(24(3)37-39)26-15-17-28(18-16-26)35-33(41)31(27-13-11-10-12-14-27)36-32(40)29-19-20-34-38(29)5/h15-20,27,31H,6-14,21-23H2,1-5H3,(H,35,41)(H,36,40). The molecule has 2 amide bonds. The van der Waals surface area contributed by atoms with Gasteiger partial charge in [-0.15, -0.1) is 0 Å². The fourth-order valence-corrected chi connectivity index (χ4v) is 6.92.